The van der Waals surface area contributed by atoms with Crippen LogP contribution in [0.3, 0.4) is 0 Å². The number of fused-ring (bicyclic) bond motifs is 1. The number of likely N-dealkylation sites (tertiary alicyclic amines) is 1. The molecule has 2 aliphatic heterocycles. The van der Waals surface area contributed by atoms with E-state index < -0.39 is 12.0 Å². The number of hydrogen-bond donors (Lipinski definition) is 1. The Morgan fingerprint density at radius 3 is 2.76 bits per heavy atom. The molecular formula is C15H19ClN2O3. The molecule has 2 heterocycles. The maximum Gasteiger partial charge on any atom is 0.320 e. The fourth-order valence-electron chi connectivity index (χ4n) is 3.15. The third-order valence-electron chi connectivity index (χ3n) is 4.18. The van der Waals surface area contributed by atoms with E-state index in [4.69, 9.17) is 5.11 Å². The lowest BCUT2D eigenvalue weighted by atomic mass is 10.2. The number of carbonyl (C=O) groups excluding carboxylic acids is 1. The number of nitrogens with zero attached hydrogens (tertiary/aromatic N) is 2. The van der Waals surface area contributed by atoms with Crippen LogP contribution in [0.2, 0.25) is 0 Å². The molecule has 0 aliphatic carbocycles. The quantitative estimate of drug-likeness (QED) is 0.920. The van der Waals surface area contributed by atoms with Crippen molar-refractivity contribution in [1.82, 2.24) is 4.90 Å². The molecule has 3 rings (SSSR count). The Morgan fingerprint density at radius 2 is 2.00 bits per heavy atom. The van der Waals surface area contributed by atoms with Crippen molar-refractivity contribution in [3.05, 3.63) is 29.8 Å². The molecule has 1 saturated heterocycles. The lowest BCUT2D eigenvalue weighted by molar-refractivity contribution is -0.142. The second-order valence-electron chi connectivity index (χ2n) is 5.39. The molecule has 1 aromatic carbocycles. The van der Waals surface area contributed by atoms with E-state index >= 15 is 0 Å². The Balaban J connectivity index is 0.00000161. The summed E-state index contributed by atoms with van der Waals surface area (Å²) in [6.07, 6.45) is 2.37. The molecule has 2 aliphatic rings. The van der Waals surface area contributed by atoms with Crippen LogP contribution in [0, 0.1) is 0 Å². The smallest absolute Gasteiger partial charge is 0.320 e. The molecule has 114 valence electrons. The highest BCUT2D eigenvalue weighted by molar-refractivity contribution is 5.97. The van der Waals surface area contributed by atoms with Gasteiger partial charge in [0.25, 0.3) is 0 Å². The average molecular weight is 311 g/mol. The molecule has 1 N–H and O–H groups in total. The minimum atomic E-state index is -0.822. The number of benzene rings is 1. The molecule has 21 heavy (non-hydrogen) atoms. The third-order valence-corrected chi connectivity index (χ3v) is 4.18. The fourth-order valence-corrected chi connectivity index (χ4v) is 3.15. The molecule has 0 spiro atoms. The first-order valence-electron chi connectivity index (χ1n) is 7.02. The summed E-state index contributed by atoms with van der Waals surface area (Å²) in [6, 6.07) is 7.41. The van der Waals surface area contributed by atoms with Crippen LogP contribution in [0.1, 0.15) is 18.4 Å². The molecule has 0 unspecified atom stereocenters. The molecule has 5 nitrogen and oxygen atoms in total. The molecule has 1 aromatic rings. The molecule has 0 bridgehead atoms. The van der Waals surface area contributed by atoms with Crippen molar-refractivity contribution in [3.63, 3.8) is 0 Å². The van der Waals surface area contributed by atoms with E-state index in [1.807, 2.05) is 24.3 Å². The summed E-state index contributed by atoms with van der Waals surface area (Å²) in [4.78, 5) is 27.1. The van der Waals surface area contributed by atoms with Crippen molar-refractivity contribution in [3.8, 4) is 0 Å². The van der Waals surface area contributed by atoms with Crippen molar-refractivity contribution in [2.75, 3.05) is 24.5 Å². The summed E-state index contributed by atoms with van der Waals surface area (Å²) in [5.74, 6) is -0.819. The maximum atomic E-state index is 12.4. The predicted molar refractivity (Wildman–Crippen MR) is 82.0 cm³/mol. The van der Waals surface area contributed by atoms with Gasteiger partial charge in [-0.3, -0.25) is 14.5 Å². The molecule has 0 aromatic heterocycles. The monoisotopic (exact) mass is 310 g/mol. The van der Waals surface area contributed by atoms with Gasteiger partial charge in [0.05, 0.1) is 6.54 Å². The summed E-state index contributed by atoms with van der Waals surface area (Å²) in [5.41, 5.74) is 2.17. The number of carboxylic acid groups (broad SMARTS) is 1. The number of carboxylic acids is 1. The number of halogens is 1. The lowest BCUT2D eigenvalue weighted by Crippen LogP contribution is -2.44. The van der Waals surface area contributed by atoms with Crippen molar-refractivity contribution >= 4 is 30.0 Å². The van der Waals surface area contributed by atoms with Crippen LogP contribution in [0.5, 0.6) is 0 Å². The van der Waals surface area contributed by atoms with E-state index in [0.29, 0.717) is 19.5 Å². The van der Waals surface area contributed by atoms with Gasteiger partial charge in [0.1, 0.15) is 6.04 Å². The highest BCUT2D eigenvalue weighted by Crippen LogP contribution is 2.28. The number of anilines is 1. The lowest BCUT2D eigenvalue weighted by Gasteiger charge is -2.24. The van der Waals surface area contributed by atoms with Gasteiger partial charge in [0.2, 0.25) is 5.91 Å². The summed E-state index contributed by atoms with van der Waals surface area (Å²) >= 11 is 0. The van der Waals surface area contributed by atoms with E-state index in [0.717, 1.165) is 18.5 Å². The Morgan fingerprint density at radius 1 is 1.24 bits per heavy atom. The van der Waals surface area contributed by atoms with E-state index in [1.54, 1.807) is 9.80 Å². The number of rotatable bonds is 3. The van der Waals surface area contributed by atoms with Crippen LogP contribution >= 0.6 is 12.4 Å². The SMILES string of the molecule is Cl.O=C(O)[C@@H]1CCCN1CC(=O)N1CCc2ccccc21. The van der Waals surface area contributed by atoms with E-state index in [1.165, 1.54) is 5.56 Å². The minimum Gasteiger partial charge on any atom is -0.480 e. The van der Waals surface area contributed by atoms with Gasteiger partial charge in [-0.1, -0.05) is 18.2 Å². The first-order valence-corrected chi connectivity index (χ1v) is 7.02. The van der Waals surface area contributed by atoms with Gasteiger partial charge in [-0.25, -0.2) is 0 Å². The topological polar surface area (TPSA) is 60.9 Å². The van der Waals surface area contributed by atoms with Gasteiger partial charge in [0.15, 0.2) is 0 Å². The molecule has 1 atom stereocenters. The second-order valence-corrected chi connectivity index (χ2v) is 5.39. The summed E-state index contributed by atoms with van der Waals surface area (Å²) in [7, 11) is 0. The van der Waals surface area contributed by atoms with Crippen LogP contribution in [0.25, 0.3) is 0 Å². The number of aliphatic carboxylic acids is 1. The van der Waals surface area contributed by atoms with Gasteiger partial charge >= 0.3 is 5.97 Å². The van der Waals surface area contributed by atoms with E-state index in [2.05, 4.69) is 0 Å². The zero-order chi connectivity index (χ0) is 14.1. The molecule has 6 heteroatoms. The van der Waals surface area contributed by atoms with Gasteiger partial charge in [0, 0.05) is 12.2 Å². The molecule has 1 amide bonds. The molecule has 0 saturated carbocycles. The third kappa shape index (κ3) is 3.04. The zero-order valence-corrected chi connectivity index (χ0v) is 12.5. The second kappa shape index (κ2) is 6.45. The largest absolute Gasteiger partial charge is 0.480 e. The van der Waals surface area contributed by atoms with Crippen molar-refractivity contribution in [2.24, 2.45) is 0 Å². The standard InChI is InChI=1S/C15H18N2O3.ClH/c18-14(10-16-8-3-6-13(16)15(19)20)17-9-7-11-4-1-2-5-12(11)17;/h1-2,4-5,13H,3,6-10H2,(H,19,20);1H/t13-;/m0./s1. The summed E-state index contributed by atoms with van der Waals surface area (Å²) < 4.78 is 0. The number of para-hydroxylation sites is 1. The Hall–Kier alpha value is -1.59. The first kappa shape index (κ1) is 15.8. The van der Waals surface area contributed by atoms with Crippen LogP contribution in [-0.2, 0) is 16.0 Å². The number of carbonyl (C=O) groups is 2. The molecular weight excluding hydrogens is 292 g/mol. The summed E-state index contributed by atoms with van der Waals surface area (Å²) in [6.45, 7) is 1.59. The van der Waals surface area contributed by atoms with E-state index in [-0.39, 0.29) is 24.9 Å². The summed E-state index contributed by atoms with van der Waals surface area (Å²) in [5, 5.41) is 9.15. The van der Waals surface area contributed by atoms with Gasteiger partial charge in [-0.05, 0) is 37.4 Å². The highest BCUT2D eigenvalue weighted by atomic mass is 35.5. The van der Waals surface area contributed by atoms with Gasteiger partial charge in [-0.2, -0.15) is 0 Å². The maximum absolute atomic E-state index is 12.4. The first-order chi connectivity index (χ1) is 9.66. The van der Waals surface area contributed by atoms with Crippen molar-refractivity contribution in [1.29, 1.82) is 0 Å². The Labute approximate surface area is 129 Å². The Kier molecular flexibility index (Phi) is 4.85. The molecule has 0 radical (unpaired) electrons. The molecule has 1 fully saturated rings. The van der Waals surface area contributed by atoms with Crippen LogP contribution in [-0.4, -0.2) is 47.6 Å². The minimum absolute atomic E-state index is 0. The highest BCUT2D eigenvalue weighted by Gasteiger charge is 2.33. The van der Waals surface area contributed by atoms with Gasteiger partial charge in [-0.15, -0.1) is 12.4 Å². The van der Waals surface area contributed by atoms with E-state index in [9.17, 15) is 9.59 Å². The average Bonchev–Trinajstić information content (AvgIpc) is 3.04. The van der Waals surface area contributed by atoms with Crippen molar-refractivity contribution in [2.45, 2.75) is 25.3 Å². The van der Waals surface area contributed by atoms with Crippen LogP contribution in [0.15, 0.2) is 24.3 Å². The zero-order valence-electron chi connectivity index (χ0n) is 11.7. The van der Waals surface area contributed by atoms with Crippen LogP contribution < -0.4 is 4.90 Å². The fraction of sp³-hybridized carbons (Fsp3) is 0.467. The van der Waals surface area contributed by atoms with Crippen LogP contribution in [0.4, 0.5) is 5.69 Å². The predicted octanol–water partition coefficient (Wildman–Crippen LogP) is 1.55. The number of amides is 1. The number of hydrogen-bond acceptors (Lipinski definition) is 3. The Bertz CT molecular complexity index is 549. The van der Waals surface area contributed by atoms with Crippen molar-refractivity contribution < 1.29 is 14.7 Å². The normalized spacial score (nSPS) is 21.0. The van der Waals surface area contributed by atoms with Gasteiger partial charge < -0.3 is 10.0 Å².